The highest BCUT2D eigenvalue weighted by Gasteiger charge is 2.48. The molecule has 0 unspecified atom stereocenters. The van der Waals surface area contributed by atoms with Gasteiger partial charge in [-0.2, -0.15) is 0 Å². The minimum Gasteiger partial charge on any atom is -0.546 e. The minimum absolute atomic E-state index is 0.102. The second-order valence-corrected chi connectivity index (χ2v) is 13.9. The van der Waals surface area contributed by atoms with Gasteiger partial charge in [0.05, 0.1) is 18.4 Å². The summed E-state index contributed by atoms with van der Waals surface area (Å²) >= 11 is 0. The number of pyridine rings is 1. The van der Waals surface area contributed by atoms with E-state index in [2.05, 4.69) is 57.0 Å². The molecule has 4 nitrogen and oxygen atoms in total. The first-order chi connectivity index (χ1) is 15.4. The Hall–Kier alpha value is -2.66. The lowest BCUT2D eigenvalue weighted by Gasteiger charge is -2.39. The maximum absolute atomic E-state index is 12.2. The molecule has 2 atom stereocenters. The van der Waals surface area contributed by atoms with Crippen LogP contribution >= 0.6 is 0 Å². The average molecular weight is 448 g/mol. The van der Waals surface area contributed by atoms with E-state index in [0.29, 0.717) is 5.57 Å². The molecule has 168 valence electrons. The van der Waals surface area contributed by atoms with Gasteiger partial charge < -0.3 is 9.16 Å². The lowest BCUT2D eigenvalue weighted by atomic mass is 9.68. The van der Waals surface area contributed by atoms with Gasteiger partial charge in [-0.3, -0.25) is 4.98 Å². The van der Waals surface area contributed by atoms with Crippen molar-refractivity contribution in [3.8, 4) is 0 Å². The maximum atomic E-state index is 12.2. The topological polar surface area (TPSA) is 48.4 Å². The number of allylic oxidation sites excluding steroid dienone is 4. The van der Waals surface area contributed by atoms with Gasteiger partial charge in [-0.25, -0.2) is 4.79 Å². The van der Waals surface area contributed by atoms with E-state index in [-0.39, 0.29) is 17.3 Å². The fourth-order valence-corrected chi connectivity index (χ4v) is 7.86. The second kappa shape index (κ2) is 8.70. The molecule has 2 aromatic rings. The van der Waals surface area contributed by atoms with Gasteiger partial charge in [-0.15, -0.1) is 0 Å². The molecule has 0 spiro atoms. The van der Waals surface area contributed by atoms with Crippen molar-refractivity contribution in [1.29, 1.82) is 0 Å². The number of hydrogen-bond acceptors (Lipinski definition) is 4. The summed E-state index contributed by atoms with van der Waals surface area (Å²) in [4.78, 5) is 16.5. The van der Waals surface area contributed by atoms with Crippen molar-refractivity contribution >= 4 is 25.1 Å². The molecule has 0 saturated carbocycles. The molecular weight excluding hydrogens is 414 g/mol. The molecule has 0 radical (unpaired) electrons. The highest BCUT2D eigenvalue weighted by molar-refractivity contribution is 6.73. The summed E-state index contributed by atoms with van der Waals surface area (Å²) in [5.41, 5.74) is 2.85. The van der Waals surface area contributed by atoms with E-state index >= 15 is 0 Å². The van der Waals surface area contributed by atoms with Crippen LogP contribution in [-0.4, -0.2) is 26.4 Å². The highest BCUT2D eigenvalue weighted by Crippen LogP contribution is 2.57. The van der Waals surface area contributed by atoms with Crippen molar-refractivity contribution in [1.82, 2.24) is 4.98 Å². The second-order valence-electron chi connectivity index (χ2n) is 9.18. The molecule has 32 heavy (non-hydrogen) atoms. The monoisotopic (exact) mass is 447 g/mol. The van der Waals surface area contributed by atoms with Crippen LogP contribution in [0, 0.1) is 5.41 Å². The molecule has 1 aromatic carbocycles. The van der Waals surface area contributed by atoms with Gasteiger partial charge in [-0.1, -0.05) is 45.9 Å². The van der Waals surface area contributed by atoms with Crippen LogP contribution in [0.5, 0.6) is 0 Å². The molecule has 0 bridgehead atoms. The first-order valence-corrected chi connectivity index (χ1v) is 14.2. The van der Waals surface area contributed by atoms with E-state index in [4.69, 9.17) is 9.16 Å². The molecule has 2 aliphatic carbocycles. The molecule has 4 rings (SSSR count). The van der Waals surface area contributed by atoms with E-state index < -0.39 is 8.32 Å². The predicted molar refractivity (Wildman–Crippen MR) is 132 cm³/mol. The first kappa shape index (κ1) is 22.5. The Balaban J connectivity index is 1.83. The van der Waals surface area contributed by atoms with Crippen molar-refractivity contribution in [2.45, 2.75) is 58.2 Å². The van der Waals surface area contributed by atoms with E-state index in [1.165, 1.54) is 18.1 Å². The first-order valence-electron chi connectivity index (χ1n) is 11.6. The Morgan fingerprint density at radius 3 is 2.56 bits per heavy atom. The summed E-state index contributed by atoms with van der Waals surface area (Å²) in [5.74, 6) is 0.874. The Bertz CT molecular complexity index is 1120. The quantitative estimate of drug-likeness (QED) is 0.351. The van der Waals surface area contributed by atoms with Gasteiger partial charge in [0.25, 0.3) is 0 Å². The van der Waals surface area contributed by atoms with Crippen molar-refractivity contribution in [2.24, 2.45) is 5.41 Å². The van der Waals surface area contributed by atoms with Gasteiger partial charge in [0, 0.05) is 29.1 Å². The maximum Gasteiger partial charge on any atom is 0.337 e. The molecule has 5 heteroatoms. The Morgan fingerprint density at radius 1 is 1.12 bits per heavy atom. The third-order valence-corrected chi connectivity index (χ3v) is 12.2. The van der Waals surface area contributed by atoms with Gasteiger partial charge in [0.1, 0.15) is 0 Å². The summed E-state index contributed by atoms with van der Waals surface area (Å²) in [5, 5.41) is 2.32. The van der Waals surface area contributed by atoms with Gasteiger partial charge in [0.2, 0.25) is 8.32 Å². The van der Waals surface area contributed by atoms with E-state index in [1.54, 1.807) is 0 Å². The van der Waals surface area contributed by atoms with Gasteiger partial charge in [-0.05, 0) is 65.4 Å². The van der Waals surface area contributed by atoms with Crippen LogP contribution in [0.25, 0.3) is 10.8 Å². The van der Waals surface area contributed by atoms with Gasteiger partial charge >= 0.3 is 5.97 Å². The third kappa shape index (κ3) is 3.73. The summed E-state index contributed by atoms with van der Waals surface area (Å²) < 4.78 is 12.0. The van der Waals surface area contributed by atoms with Crippen molar-refractivity contribution in [2.75, 3.05) is 7.11 Å². The Kier molecular flexibility index (Phi) is 6.12. The summed E-state index contributed by atoms with van der Waals surface area (Å²) in [7, 11) is -0.436. The summed E-state index contributed by atoms with van der Waals surface area (Å²) in [6.45, 7) is 9.07. The van der Waals surface area contributed by atoms with Crippen LogP contribution in [-0.2, 0) is 14.0 Å². The molecule has 0 aliphatic heterocycles. The molecule has 1 aromatic heterocycles. The number of fused-ring (bicyclic) bond motifs is 2. The number of esters is 1. The fourth-order valence-electron chi connectivity index (χ4n) is 5.25. The lowest BCUT2D eigenvalue weighted by Crippen LogP contribution is -2.37. The summed E-state index contributed by atoms with van der Waals surface area (Å²) in [6, 6.07) is 12.0. The highest BCUT2D eigenvalue weighted by atomic mass is 28.4. The zero-order valence-electron chi connectivity index (χ0n) is 19.8. The van der Waals surface area contributed by atoms with Crippen LogP contribution in [0.15, 0.2) is 71.8 Å². The van der Waals surface area contributed by atoms with Crippen molar-refractivity contribution in [3.63, 3.8) is 0 Å². The number of methoxy groups -OCH3 is 1. The molecule has 2 aliphatic rings. The number of ether oxygens (including phenoxy) is 1. The molecular formula is C27H33NO3Si. The third-order valence-electron chi connectivity index (χ3n) is 7.62. The molecule has 1 heterocycles. The van der Waals surface area contributed by atoms with Crippen LogP contribution in [0.2, 0.25) is 18.1 Å². The van der Waals surface area contributed by atoms with Crippen LogP contribution in [0.1, 0.15) is 45.6 Å². The average Bonchev–Trinajstić information content (AvgIpc) is 3.12. The van der Waals surface area contributed by atoms with Crippen molar-refractivity contribution < 1.29 is 14.0 Å². The van der Waals surface area contributed by atoms with E-state index in [9.17, 15) is 4.79 Å². The normalized spacial score (nSPS) is 22.7. The van der Waals surface area contributed by atoms with Crippen molar-refractivity contribution in [3.05, 3.63) is 77.4 Å². The van der Waals surface area contributed by atoms with Crippen LogP contribution in [0.4, 0.5) is 0 Å². The SMILES string of the molecule is CC[Si](CC)(CC)OC1=CC2=CC(C(=O)OC)=CC[C@@]2(C)[C@H]1c1ccc2ccncc2c1. The number of nitrogens with zero attached hydrogens (tertiary/aromatic N) is 1. The number of aromatic nitrogens is 1. The Morgan fingerprint density at radius 2 is 1.88 bits per heavy atom. The number of rotatable bonds is 7. The number of benzene rings is 1. The van der Waals surface area contributed by atoms with E-state index in [1.807, 2.05) is 30.6 Å². The molecule has 0 fully saturated rings. The zero-order chi connectivity index (χ0) is 22.9. The predicted octanol–water partition coefficient (Wildman–Crippen LogP) is 6.67. The van der Waals surface area contributed by atoms with Crippen LogP contribution in [0.3, 0.4) is 0 Å². The summed E-state index contributed by atoms with van der Waals surface area (Å²) in [6.07, 6.45) is 10.7. The minimum atomic E-state index is -1.87. The van der Waals surface area contributed by atoms with Crippen LogP contribution < -0.4 is 0 Å². The largest absolute Gasteiger partial charge is 0.546 e. The smallest absolute Gasteiger partial charge is 0.337 e. The zero-order valence-corrected chi connectivity index (χ0v) is 20.8. The molecule has 0 saturated heterocycles. The fraction of sp³-hybridized carbons (Fsp3) is 0.407. The number of carbonyl (C=O) groups excluding carboxylic acids is 1. The number of hydrogen-bond donors (Lipinski definition) is 0. The van der Waals surface area contributed by atoms with E-state index in [0.717, 1.165) is 41.3 Å². The number of carbonyl (C=O) groups is 1. The Labute approximate surface area is 192 Å². The molecule has 0 amide bonds. The lowest BCUT2D eigenvalue weighted by molar-refractivity contribution is -0.135. The standard InChI is InChI=1S/C27H33NO3Si/c1-6-32(7-2,8-3)31-24-17-23-16-21(26(29)30-5)11-13-27(23,4)25(24)20-10-9-19-12-14-28-18-22(19)15-20/h9-12,14-18,25H,6-8,13H2,1-5H3/t25-,27+/m0/s1. The van der Waals surface area contributed by atoms with Gasteiger partial charge in [0.15, 0.2) is 0 Å². The molecule has 0 N–H and O–H groups in total.